The van der Waals surface area contributed by atoms with E-state index in [-0.39, 0.29) is 0 Å². The highest BCUT2D eigenvalue weighted by Crippen LogP contribution is 2.33. The minimum absolute atomic E-state index is 0.717. The van der Waals surface area contributed by atoms with Crippen molar-refractivity contribution in [2.45, 2.75) is 37.6 Å². The van der Waals surface area contributed by atoms with Gasteiger partial charge in [0, 0.05) is 23.5 Å². The van der Waals surface area contributed by atoms with E-state index in [0.29, 0.717) is 6.04 Å². The number of hydrogen-bond acceptors (Lipinski definition) is 2. The van der Waals surface area contributed by atoms with Gasteiger partial charge in [0.1, 0.15) is 0 Å². The maximum absolute atomic E-state index is 3.62. The predicted octanol–water partition coefficient (Wildman–Crippen LogP) is 3.20. The molecule has 0 radical (unpaired) electrons. The zero-order chi connectivity index (χ0) is 11.5. The zero-order valence-corrected chi connectivity index (χ0v) is 11.1. The Labute approximate surface area is 108 Å². The molecule has 0 amide bonds. The van der Waals surface area contributed by atoms with Crippen molar-refractivity contribution in [1.82, 2.24) is 5.32 Å². The topological polar surface area (TPSA) is 12.0 Å². The molecule has 2 aliphatic rings. The first-order chi connectivity index (χ1) is 8.42. The molecule has 2 aliphatic heterocycles. The molecule has 0 aromatic heterocycles. The van der Waals surface area contributed by atoms with E-state index < -0.39 is 0 Å². The Morgan fingerprint density at radius 1 is 1.12 bits per heavy atom. The van der Waals surface area contributed by atoms with Crippen LogP contribution in [0.25, 0.3) is 0 Å². The summed E-state index contributed by atoms with van der Waals surface area (Å²) in [5.74, 6) is 3.48. The van der Waals surface area contributed by atoms with Gasteiger partial charge in [0.2, 0.25) is 0 Å². The highest BCUT2D eigenvalue weighted by molar-refractivity contribution is 8.00. The van der Waals surface area contributed by atoms with Gasteiger partial charge in [0.05, 0.1) is 0 Å². The minimum atomic E-state index is 0.717. The third-order valence-electron chi connectivity index (χ3n) is 3.98. The first-order valence-electron chi connectivity index (χ1n) is 6.82. The number of benzene rings is 1. The van der Waals surface area contributed by atoms with Gasteiger partial charge in [-0.3, -0.25) is 0 Å². The third-order valence-corrected chi connectivity index (χ3v) is 5.26. The Morgan fingerprint density at radius 2 is 1.94 bits per heavy atom. The molecule has 3 rings (SSSR count). The van der Waals surface area contributed by atoms with Crippen molar-refractivity contribution in [1.29, 1.82) is 0 Å². The summed E-state index contributed by atoms with van der Waals surface area (Å²) in [6.07, 6.45) is 5.31. The molecule has 2 heteroatoms. The third kappa shape index (κ3) is 2.86. The van der Waals surface area contributed by atoms with Crippen LogP contribution in [0.2, 0.25) is 0 Å². The molecule has 2 fully saturated rings. The first-order valence-corrected chi connectivity index (χ1v) is 7.97. The lowest BCUT2D eigenvalue weighted by atomic mass is 9.95. The molecular weight excluding hydrogens is 226 g/mol. The summed E-state index contributed by atoms with van der Waals surface area (Å²) in [5, 5.41) is 3.62. The smallest absolute Gasteiger partial charge is 0.0107 e. The maximum atomic E-state index is 3.62. The summed E-state index contributed by atoms with van der Waals surface area (Å²) in [6.45, 7) is 1.21. The average molecular weight is 247 g/mol. The van der Waals surface area contributed by atoms with Gasteiger partial charge in [-0.25, -0.2) is 0 Å². The van der Waals surface area contributed by atoms with Crippen LogP contribution in [0.15, 0.2) is 24.3 Å². The van der Waals surface area contributed by atoms with E-state index in [0.717, 1.165) is 5.92 Å². The van der Waals surface area contributed by atoms with Crippen molar-refractivity contribution in [3.63, 3.8) is 0 Å². The van der Waals surface area contributed by atoms with E-state index in [1.807, 2.05) is 0 Å². The minimum Gasteiger partial charge on any atom is -0.314 e. The van der Waals surface area contributed by atoms with E-state index in [1.54, 1.807) is 5.56 Å². The van der Waals surface area contributed by atoms with Crippen LogP contribution in [0.1, 0.15) is 36.3 Å². The molecule has 1 atom stereocenters. The van der Waals surface area contributed by atoms with E-state index in [2.05, 4.69) is 41.3 Å². The number of rotatable bonds is 3. The van der Waals surface area contributed by atoms with Gasteiger partial charge in [0.15, 0.2) is 0 Å². The summed E-state index contributed by atoms with van der Waals surface area (Å²) >= 11 is 2.06. The van der Waals surface area contributed by atoms with Crippen molar-refractivity contribution in [3.05, 3.63) is 35.4 Å². The van der Waals surface area contributed by atoms with E-state index in [1.165, 1.54) is 49.3 Å². The van der Waals surface area contributed by atoms with Crippen molar-refractivity contribution in [2.24, 2.45) is 0 Å². The molecule has 0 saturated carbocycles. The largest absolute Gasteiger partial charge is 0.314 e. The number of nitrogens with one attached hydrogen (secondary N) is 1. The van der Waals surface area contributed by atoms with Crippen LogP contribution >= 0.6 is 11.8 Å². The molecule has 17 heavy (non-hydrogen) atoms. The molecule has 1 aromatic carbocycles. The van der Waals surface area contributed by atoms with Gasteiger partial charge in [-0.2, -0.15) is 11.8 Å². The second-order valence-corrected chi connectivity index (χ2v) is 6.40. The van der Waals surface area contributed by atoms with Gasteiger partial charge in [-0.05, 0) is 36.9 Å². The van der Waals surface area contributed by atoms with Gasteiger partial charge in [0.25, 0.3) is 0 Å². The molecule has 2 heterocycles. The lowest BCUT2D eigenvalue weighted by Crippen LogP contribution is -2.35. The Balaban J connectivity index is 1.59. The van der Waals surface area contributed by atoms with Crippen molar-refractivity contribution < 1.29 is 0 Å². The second kappa shape index (κ2) is 5.45. The summed E-state index contributed by atoms with van der Waals surface area (Å²) in [4.78, 5) is 0. The van der Waals surface area contributed by atoms with Crippen LogP contribution in [-0.4, -0.2) is 24.1 Å². The molecule has 92 valence electrons. The Kier molecular flexibility index (Phi) is 3.72. The Bertz CT molecular complexity index is 350. The zero-order valence-electron chi connectivity index (χ0n) is 10.3. The monoisotopic (exact) mass is 247 g/mol. The highest BCUT2D eigenvalue weighted by Gasteiger charge is 2.20. The molecule has 1 N–H and O–H groups in total. The predicted molar refractivity (Wildman–Crippen MR) is 75.9 cm³/mol. The van der Waals surface area contributed by atoms with Crippen molar-refractivity contribution in [3.8, 4) is 0 Å². The van der Waals surface area contributed by atoms with Crippen LogP contribution in [0.3, 0.4) is 0 Å². The molecule has 1 unspecified atom stereocenters. The van der Waals surface area contributed by atoms with Crippen LogP contribution in [0.4, 0.5) is 0 Å². The van der Waals surface area contributed by atoms with Crippen molar-refractivity contribution in [2.75, 3.05) is 18.1 Å². The van der Waals surface area contributed by atoms with E-state index in [4.69, 9.17) is 0 Å². The van der Waals surface area contributed by atoms with Gasteiger partial charge < -0.3 is 5.32 Å². The molecule has 1 aromatic rings. The number of thioether (sulfide) groups is 1. The van der Waals surface area contributed by atoms with E-state index in [9.17, 15) is 0 Å². The summed E-state index contributed by atoms with van der Waals surface area (Å²) < 4.78 is 0. The second-order valence-electron chi connectivity index (χ2n) is 5.33. The molecule has 0 bridgehead atoms. The maximum Gasteiger partial charge on any atom is 0.0107 e. The Morgan fingerprint density at radius 3 is 2.53 bits per heavy atom. The van der Waals surface area contributed by atoms with Gasteiger partial charge in [-0.1, -0.05) is 30.7 Å². The molecule has 0 aliphatic carbocycles. The van der Waals surface area contributed by atoms with Crippen LogP contribution in [0, 0.1) is 0 Å². The summed E-state index contributed by atoms with van der Waals surface area (Å²) in [6, 6.07) is 10.1. The molecule has 1 nitrogen and oxygen atoms in total. The first kappa shape index (κ1) is 11.6. The lowest BCUT2D eigenvalue weighted by Gasteiger charge is -2.26. The van der Waals surface area contributed by atoms with Gasteiger partial charge in [-0.15, -0.1) is 0 Å². The summed E-state index contributed by atoms with van der Waals surface area (Å²) in [7, 11) is 0. The fraction of sp³-hybridized carbons (Fsp3) is 0.600. The highest BCUT2D eigenvalue weighted by atomic mass is 32.2. The molecular formula is C15H21NS. The fourth-order valence-corrected chi connectivity index (χ4v) is 3.59. The number of hydrogen-bond donors (Lipinski definition) is 1. The van der Waals surface area contributed by atoms with Crippen LogP contribution in [0.5, 0.6) is 0 Å². The lowest BCUT2D eigenvalue weighted by molar-refractivity contribution is 0.399. The van der Waals surface area contributed by atoms with Crippen LogP contribution < -0.4 is 5.32 Å². The summed E-state index contributed by atoms with van der Waals surface area (Å²) in [5.41, 5.74) is 3.05. The SMILES string of the molecule is c1cc(C2CSC2)ccc1CC1CCCCN1. The molecule has 0 spiro atoms. The quantitative estimate of drug-likeness (QED) is 0.880. The van der Waals surface area contributed by atoms with E-state index >= 15 is 0 Å². The number of piperidine rings is 1. The van der Waals surface area contributed by atoms with Crippen LogP contribution in [-0.2, 0) is 6.42 Å². The molecule has 2 saturated heterocycles. The van der Waals surface area contributed by atoms with Crippen molar-refractivity contribution >= 4 is 11.8 Å². The average Bonchev–Trinajstić information content (AvgIpc) is 2.31. The van der Waals surface area contributed by atoms with Gasteiger partial charge >= 0.3 is 0 Å². The standard InChI is InChI=1S/C15H21NS/c1-2-8-16-15(3-1)9-12-4-6-13(7-5-12)14-10-17-11-14/h4-7,14-16H,1-3,8-11H2. The normalized spacial score (nSPS) is 25.5. The Hall–Kier alpha value is -0.470. The fourth-order valence-electron chi connectivity index (χ4n) is 2.74.